The highest BCUT2D eigenvalue weighted by molar-refractivity contribution is 7.89. The number of carboxylic acids is 1. The van der Waals surface area contributed by atoms with E-state index in [2.05, 4.69) is 38.8 Å². The lowest BCUT2D eigenvalue weighted by Crippen LogP contribution is -2.27. The van der Waals surface area contributed by atoms with E-state index in [1.165, 1.54) is 24.5 Å². The Bertz CT molecular complexity index is 1050. The lowest BCUT2D eigenvalue weighted by molar-refractivity contribution is -0.136. The molecule has 32 heavy (non-hydrogen) atoms. The van der Waals surface area contributed by atoms with Crippen molar-refractivity contribution < 1.29 is 23.1 Å². The fourth-order valence-electron chi connectivity index (χ4n) is 3.03. The molecule has 1 amide bonds. The molecule has 2 aromatic rings. The fraction of sp³-hybridized carbons (Fsp3) is 0.429. The number of carbonyl (C=O) groups excluding carboxylic acids is 1. The number of carbonyl (C=O) groups is 2. The lowest BCUT2D eigenvalue weighted by Gasteiger charge is -2.22. The Balaban J connectivity index is 2.15. The van der Waals surface area contributed by atoms with E-state index in [9.17, 15) is 18.0 Å². The smallest absolute Gasteiger partial charge is 0.304 e. The second kappa shape index (κ2) is 11.5. The average molecular weight is 464 g/mol. The molecule has 11 heteroatoms. The van der Waals surface area contributed by atoms with Crippen molar-refractivity contribution in [2.24, 2.45) is 0 Å². The minimum absolute atomic E-state index is 0.0162. The van der Waals surface area contributed by atoms with Crippen LogP contribution in [0.1, 0.15) is 49.2 Å². The van der Waals surface area contributed by atoms with Crippen molar-refractivity contribution in [3.05, 3.63) is 41.9 Å². The van der Waals surface area contributed by atoms with E-state index in [4.69, 9.17) is 5.11 Å². The van der Waals surface area contributed by atoms with Crippen LogP contribution in [0.5, 0.6) is 0 Å². The topological polar surface area (TPSA) is 142 Å². The first-order valence-corrected chi connectivity index (χ1v) is 11.9. The Morgan fingerprint density at radius 3 is 2.38 bits per heavy atom. The van der Waals surface area contributed by atoms with Gasteiger partial charge in [0.2, 0.25) is 10.0 Å². The summed E-state index contributed by atoms with van der Waals surface area (Å²) in [5.41, 5.74) is 1.18. The van der Waals surface area contributed by atoms with Gasteiger partial charge in [-0.15, -0.1) is 0 Å². The number of aryl methyl sites for hydroxylation is 1. The van der Waals surface area contributed by atoms with Gasteiger partial charge in [0, 0.05) is 31.4 Å². The predicted octanol–water partition coefficient (Wildman–Crippen LogP) is 2.42. The van der Waals surface area contributed by atoms with E-state index < -0.39 is 21.9 Å². The predicted molar refractivity (Wildman–Crippen MR) is 121 cm³/mol. The van der Waals surface area contributed by atoms with Gasteiger partial charge in [-0.25, -0.2) is 23.1 Å². The van der Waals surface area contributed by atoms with Gasteiger partial charge in [-0.1, -0.05) is 13.8 Å². The molecule has 0 aliphatic carbocycles. The summed E-state index contributed by atoms with van der Waals surface area (Å²) in [7, 11) is -3.85. The maximum atomic E-state index is 12.7. The number of benzene rings is 1. The third-order valence-electron chi connectivity index (χ3n) is 4.58. The summed E-state index contributed by atoms with van der Waals surface area (Å²) in [6, 6.07) is 5.89. The number of anilines is 2. The maximum Gasteiger partial charge on any atom is 0.304 e. The van der Waals surface area contributed by atoms with Gasteiger partial charge in [0.15, 0.2) is 0 Å². The minimum atomic E-state index is -3.85. The molecule has 0 spiro atoms. The number of hydrogen-bond donors (Lipinski definition) is 3. The van der Waals surface area contributed by atoms with Crippen LogP contribution in [0.4, 0.5) is 11.5 Å². The van der Waals surface area contributed by atoms with Crippen LogP contribution in [0, 0.1) is 6.92 Å². The first-order valence-electron chi connectivity index (χ1n) is 10.4. The number of aromatic nitrogens is 2. The molecule has 0 aliphatic heterocycles. The number of sulfonamides is 1. The number of nitrogens with one attached hydrogen (secondary N) is 2. The van der Waals surface area contributed by atoms with Gasteiger partial charge >= 0.3 is 5.97 Å². The molecule has 2 rings (SSSR count). The van der Waals surface area contributed by atoms with Gasteiger partial charge in [0.1, 0.15) is 17.8 Å². The quantitative estimate of drug-likeness (QED) is 0.436. The molecule has 1 aromatic heterocycles. The SMILES string of the molecule is CCCN(CCC)c1cc(C(=O)Nc2ccc(S(=O)(=O)NCCC(=O)O)cc2C)ncn1. The molecule has 1 aromatic carbocycles. The molecule has 0 unspecified atom stereocenters. The molecule has 0 atom stereocenters. The average Bonchev–Trinajstić information content (AvgIpc) is 2.74. The van der Waals surface area contributed by atoms with Crippen molar-refractivity contribution >= 4 is 33.4 Å². The van der Waals surface area contributed by atoms with Crippen molar-refractivity contribution in [1.82, 2.24) is 14.7 Å². The maximum absolute atomic E-state index is 12.7. The number of carboxylic acid groups (broad SMARTS) is 1. The Morgan fingerprint density at radius 1 is 1.09 bits per heavy atom. The molecule has 0 fully saturated rings. The van der Waals surface area contributed by atoms with E-state index >= 15 is 0 Å². The van der Waals surface area contributed by atoms with Crippen LogP contribution < -0.4 is 14.9 Å². The van der Waals surface area contributed by atoms with E-state index in [1.807, 2.05) is 0 Å². The first-order chi connectivity index (χ1) is 15.2. The van der Waals surface area contributed by atoms with Gasteiger partial charge in [0.25, 0.3) is 5.91 Å². The van der Waals surface area contributed by atoms with Gasteiger partial charge in [-0.3, -0.25) is 9.59 Å². The Kier molecular flexibility index (Phi) is 9.09. The highest BCUT2D eigenvalue weighted by Gasteiger charge is 2.17. The van der Waals surface area contributed by atoms with Crippen molar-refractivity contribution in [3.63, 3.8) is 0 Å². The zero-order valence-corrected chi connectivity index (χ0v) is 19.3. The third-order valence-corrected chi connectivity index (χ3v) is 6.04. The number of nitrogens with zero attached hydrogens (tertiary/aromatic N) is 3. The Morgan fingerprint density at radius 2 is 1.78 bits per heavy atom. The van der Waals surface area contributed by atoms with Crippen LogP contribution in [-0.2, 0) is 14.8 Å². The van der Waals surface area contributed by atoms with E-state index in [0.29, 0.717) is 17.1 Å². The van der Waals surface area contributed by atoms with Gasteiger partial charge < -0.3 is 15.3 Å². The van der Waals surface area contributed by atoms with Crippen LogP contribution in [0.25, 0.3) is 0 Å². The molecule has 0 saturated heterocycles. The second-order valence-corrected chi connectivity index (χ2v) is 8.99. The zero-order chi connectivity index (χ0) is 23.7. The summed E-state index contributed by atoms with van der Waals surface area (Å²) in [6.45, 7) is 7.25. The molecule has 174 valence electrons. The van der Waals surface area contributed by atoms with Crippen LogP contribution in [0.3, 0.4) is 0 Å². The number of amides is 1. The molecule has 0 radical (unpaired) electrons. The van der Waals surface area contributed by atoms with E-state index in [0.717, 1.165) is 25.9 Å². The Labute approximate surface area is 188 Å². The van der Waals surface area contributed by atoms with Crippen molar-refractivity contribution in [2.45, 2.75) is 44.9 Å². The van der Waals surface area contributed by atoms with Crippen molar-refractivity contribution in [3.8, 4) is 0 Å². The second-order valence-electron chi connectivity index (χ2n) is 7.22. The summed E-state index contributed by atoms with van der Waals surface area (Å²) in [5, 5.41) is 11.4. The standard InChI is InChI=1S/C21H29N5O5S/c1-4-10-26(11-5-2)19-13-18(22-14-23-19)21(29)25-17-7-6-16(12-15(17)3)32(30,31)24-9-8-20(27)28/h6-7,12-14,24H,4-5,8-11H2,1-3H3,(H,25,29)(H,27,28). The molecular weight excluding hydrogens is 434 g/mol. The summed E-state index contributed by atoms with van der Waals surface area (Å²) >= 11 is 0. The molecule has 10 nitrogen and oxygen atoms in total. The summed E-state index contributed by atoms with van der Waals surface area (Å²) < 4.78 is 26.9. The van der Waals surface area contributed by atoms with Gasteiger partial charge in [-0.2, -0.15) is 0 Å². The highest BCUT2D eigenvalue weighted by atomic mass is 32.2. The van der Waals surface area contributed by atoms with Crippen LogP contribution >= 0.6 is 0 Å². The summed E-state index contributed by atoms with van der Waals surface area (Å²) in [4.78, 5) is 33.7. The fourth-order valence-corrected chi connectivity index (χ4v) is 4.15. The van der Waals surface area contributed by atoms with E-state index in [-0.39, 0.29) is 23.6 Å². The van der Waals surface area contributed by atoms with Crippen molar-refractivity contribution in [2.75, 3.05) is 29.9 Å². The lowest BCUT2D eigenvalue weighted by atomic mass is 10.2. The van der Waals surface area contributed by atoms with Crippen LogP contribution in [-0.4, -0.2) is 55.0 Å². The Hall–Kier alpha value is -3.05. The highest BCUT2D eigenvalue weighted by Crippen LogP contribution is 2.21. The van der Waals surface area contributed by atoms with Crippen LogP contribution in [0.15, 0.2) is 35.5 Å². The first kappa shape index (κ1) is 25.2. The number of aliphatic carboxylic acids is 1. The minimum Gasteiger partial charge on any atom is -0.481 e. The normalized spacial score (nSPS) is 11.2. The molecule has 0 saturated carbocycles. The summed E-state index contributed by atoms with van der Waals surface area (Å²) in [5.74, 6) is -0.846. The summed E-state index contributed by atoms with van der Waals surface area (Å²) in [6.07, 6.45) is 2.94. The van der Waals surface area contributed by atoms with Crippen molar-refractivity contribution in [1.29, 1.82) is 0 Å². The molecule has 0 bridgehead atoms. The molecule has 3 N–H and O–H groups in total. The monoisotopic (exact) mass is 463 g/mol. The van der Waals surface area contributed by atoms with E-state index in [1.54, 1.807) is 13.0 Å². The van der Waals surface area contributed by atoms with Gasteiger partial charge in [-0.05, 0) is 43.5 Å². The zero-order valence-electron chi connectivity index (χ0n) is 18.5. The largest absolute Gasteiger partial charge is 0.481 e. The van der Waals surface area contributed by atoms with Crippen LogP contribution in [0.2, 0.25) is 0 Å². The molecule has 1 heterocycles. The number of rotatable bonds is 12. The number of hydrogen-bond acceptors (Lipinski definition) is 7. The van der Waals surface area contributed by atoms with Gasteiger partial charge in [0.05, 0.1) is 11.3 Å². The third kappa shape index (κ3) is 6.99. The molecular formula is C21H29N5O5S. The molecule has 0 aliphatic rings.